The molecule has 0 aliphatic rings. The molecule has 0 radical (unpaired) electrons. The van der Waals surface area contributed by atoms with Crippen LogP contribution in [0.4, 0.5) is 4.39 Å². The van der Waals surface area contributed by atoms with Crippen molar-refractivity contribution < 1.29 is 9.18 Å². The van der Waals surface area contributed by atoms with Crippen molar-refractivity contribution in [3.8, 4) is 0 Å². The molecule has 1 unspecified atom stereocenters. The van der Waals surface area contributed by atoms with E-state index in [4.69, 9.17) is 11.6 Å². The number of amides is 1. The van der Waals surface area contributed by atoms with Gasteiger partial charge in [-0.25, -0.2) is 9.37 Å². The number of hydrogen-bond acceptors (Lipinski definition) is 2. The highest BCUT2D eigenvalue weighted by molar-refractivity contribution is 6.32. The minimum Gasteiger partial charge on any atom is -0.339 e. The van der Waals surface area contributed by atoms with E-state index in [0.29, 0.717) is 0 Å². The Morgan fingerprint density at radius 2 is 2.31 bits per heavy atom. The molecule has 3 nitrogen and oxygen atoms in total. The maximum absolute atomic E-state index is 13.0. The fourth-order valence-corrected chi connectivity index (χ4v) is 1.42. The van der Waals surface area contributed by atoms with Crippen molar-refractivity contribution in [1.82, 2.24) is 9.88 Å². The standard InChI is InChI=1S/C11H14ClFN2O/c1-4-7(2)15(3)11(16)9-5-8(13)6-14-10(9)12/h5-7H,4H2,1-3H3. The highest BCUT2D eigenvalue weighted by Crippen LogP contribution is 2.17. The monoisotopic (exact) mass is 244 g/mol. The first kappa shape index (κ1) is 12.9. The first-order valence-electron chi connectivity index (χ1n) is 5.05. The second-order valence-electron chi connectivity index (χ2n) is 3.67. The summed E-state index contributed by atoms with van der Waals surface area (Å²) in [6.45, 7) is 3.89. The van der Waals surface area contributed by atoms with E-state index >= 15 is 0 Å². The molecule has 16 heavy (non-hydrogen) atoms. The van der Waals surface area contributed by atoms with Gasteiger partial charge in [0.1, 0.15) is 11.0 Å². The Bertz CT molecular complexity index is 398. The zero-order valence-corrected chi connectivity index (χ0v) is 10.3. The van der Waals surface area contributed by atoms with Crippen molar-refractivity contribution in [2.75, 3.05) is 7.05 Å². The summed E-state index contributed by atoms with van der Waals surface area (Å²) in [7, 11) is 1.66. The zero-order valence-electron chi connectivity index (χ0n) is 9.50. The Morgan fingerprint density at radius 3 is 2.88 bits per heavy atom. The lowest BCUT2D eigenvalue weighted by Gasteiger charge is -2.24. The lowest BCUT2D eigenvalue weighted by atomic mass is 10.2. The fourth-order valence-electron chi connectivity index (χ4n) is 1.24. The van der Waals surface area contributed by atoms with Crippen molar-refractivity contribution in [1.29, 1.82) is 0 Å². The summed E-state index contributed by atoms with van der Waals surface area (Å²) >= 11 is 5.76. The minimum atomic E-state index is -0.565. The molecule has 0 saturated heterocycles. The van der Waals surface area contributed by atoms with Gasteiger partial charge in [0.25, 0.3) is 5.91 Å². The van der Waals surface area contributed by atoms with E-state index in [2.05, 4.69) is 4.98 Å². The number of carbonyl (C=O) groups is 1. The molecule has 1 aromatic heterocycles. The van der Waals surface area contributed by atoms with E-state index < -0.39 is 5.82 Å². The van der Waals surface area contributed by atoms with Crippen LogP contribution in [0.2, 0.25) is 5.15 Å². The molecule has 0 aliphatic heterocycles. The van der Waals surface area contributed by atoms with Crippen LogP contribution in [0.1, 0.15) is 30.6 Å². The van der Waals surface area contributed by atoms with Crippen LogP contribution in [0.15, 0.2) is 12.3 Å². The molecule has 88 valence electrons. The van der Waals surface area contributed by atoms with Gasteiger partial charge in [0.2, 0.25) is 0 Å². The van der Waals surface area contributed by atoms with Crippen LogP contribution in [0.5, 0.6) is 0 Å². The van der Waals surface area contributed by atoms with E-state index in [-0.39, 0.29) is 22.7 Å². The molecule has 5 heteroatoms. The van der Waals surface area contributed by atoms with Gasteiger partial charge < -0.3 is 4.90 Å². The summed E-state index contributed by atoms with van der Waals surface area (Å²) in [6, 6.07) is 1.18. The first-order valence-corrected chi connectivity index (χ1v) is 5.43. The molecule has 0 aromatic carbocycles. The summed E-state index contributed by atoms with van der Waals surface area (Å²) in [4.78, 5) is 17.1. The van der Waals surface area contributed by atoms with Gasteiger partial charge in [-0.1, -0.05) is 18.5 Å². The van der Waals surface area contributed by atoms with Crippen LogP contribution in [-0.2, 0) is 0 Å². The van der Waals surface area contributed by atoms with E-state index in [1.54, 1.807) is 7.05 Å². The quantitative estimate of drug-likeness (QED) is 0.766. The maximum atomic E-state index is 13.0. The van der Waals surface area contributed by atoms with E-state index in [9.17, 15) is 9.18 Å². The molecular formula is C11H14ClFN2O. The Balaban J connectivity index is 3.00. The van der Waals surface area contributed by atoms with Crippen LogP contribution in [0.25, 0.3) is 0 Å². The second-order valence-corrected chi connectivity index (χ2v) is 4.02. The number of hydrogen-bond donors (Lipinski definition) is 0. The predicted octanol–water partition coefficient (Wildman–Crippen LogP) is 2.74. The van der Waals surface area contributed by atoms with Gasteiger partial charge in [-0.15, -0.1) is 0 Å². The lowest BCUT2D eigenvalue weighted by Crippen LogP contribution is -2.34. The van der Waals surface area contributed by atoms with Crippen LogP contribution in [-0.4, -0.2) is 28.9 Å². The Labute approximate surface area is 99.2 Å². The topological polar surface area (TPSA) is 33.2 Å². The molecule has 0 aliphatic carbocycles. The van der Waals surface area contributed by atoms with Crippen molar-refractivity contribution in [3.05, 3.63) is 28.8 Å². The molecule has 0 bridgehead atoms. The number of pyridine rings is 1. The third-order valence-electron chi connectivity index (χ3n) is 2.61. The Morgan fingerprint density at radius 1 is 1.69 bits per heavy atom. The molecule has 0 fully saturated rings. The van der Waals surface area contributed by atoms with Gasteiger partial charge in [0, 0.05) is 13.1 Å². The Kier molecular flexibility index (Phi) is 4.24. The van der Waals surface area contributed by atoms with Crippen LogP contribution < -0.4 is 0 Å². The third-order valence-corrected chi connectivity index (χ3v) is 2.91. The van der Waals surface area contributed by atoms with Crippen molar-refractivity contribution >= 4 is 17.5 Å². The van der Waals surface area contributed by atoms with Gasteiger partial charge >= 0.3 is 0 Å². The molecule has 1 atom stereocenters. The SMILES string of the molecule is CCC(C)N(C)C(=O)c1cc(F)cnc1Cl. The number of halogens is 2. The minimum absolute atomic E-state index is 0.0292. The summed E-state index contributed by atoms with van der Waals surface area (Å²) in [5.41, 5.74) is 0.101. The molecule has 0 saturated carbocycles. The second kappa shape index (κ2) is 5.25. The van der Waals surface area contributed by atoms with E-state index in [1.165, 1.54) is 4.90 Å². The molecule has 1 aromatic rings. The molecule has 1 amide bonds. The zero-order chi connectivity index (χ0) is 12.3. The summed E-state index contributed by atoms with van der Waals surface area (Å²) in [5, 5.41) is 0.0292. The van der Waals surface area contributed by atoms with Crippen molar-refractivity contribution in [2.24, 2.45) is 0 Å². The van der Waals surface area contributed by atoms with Crippen LogP contribution in [0.3, 0.4) is 0 Å². The van der Waals surface area contributed by atoms with E-state index in [1.807, 2.05) is 13.8 Å². The predicted molar refractivity (Wildman–Crippen MR) is 61.1 cm³/mol. The summed E-state index contributed by atoms with van der Waals surface area (Å²) < 4.78 is 13.0. The molecule has 0 spiro atoms. The Hall–Kier alpha value is -1.16. The number of rotatable bonds is 3. The third kappa shape index (κ3) is 2.70. The average Bonchev–Trinajstić information content (AvgIpc) is 2.29. The molecule has 1 heterocycles. The average molecular weight is 245 g/mol. The highest BCUT2D eigenvalue weighted by atomic mass is 35.5. The molecule has 0 N–H and O–H groups in total. The first-order chi connectivity index (χ1) is 7.47. The van der Waals surface area contributed by atoms with Gasteiger partial charge in [0.15, 0.2) is 0 Å². The van der Waals surface area contributed by atoms with Gasteiger partial charge in [-0.2, -0.15) is 0 Å². The molecular weight excluding hydrogens is 231 g/mol. The van der Waals surface area contributed by atoms with Crippen molar-refractivity contribution in [2.45, 2.75) is 26.3 Å². The van der Waals surface area contributed by atoms with Crippen LogP contribution >= 0.6 is 11.6 Å². The normalized spacial score (nSPS) is 12.3. The largest absolute Gasteiger partial charge is 0.339 e. The number of aromatic nitrogens is 1. The van der Waals surface area contributed by atoms with Crippen LogP contribution in [0, 0.1) is 5.82 Å². The smallest absolute Gasteiger partial charge is 0.257 e. The van der Waals surface area contributed by atoms with Crippen molar-refractivity contribution in [3.63, 3.8) is 0 Å². The molecule has 1 rings (SSSR count). The summed E-state index contributed by atoms with van der Waals surface area (Å²) in [6.07, 6.45) is 1.81. The summed E-state index contributed by atoms with van der Waals surface area (Å²) in [5.74, 6) is -0.878. The fraction of sp³-hybridized carbons (Fsp3) is 0.455. The lowest BCUT2D eigenvalue weighted by molar-refractivity contribution is 0.0740. The van der Waals surface area contributed by atoms with E-state index in [0.717, 1.165) is 18.7 Å². The van der Waals surface area contributed by atoms with Gasteiger partial charge in [-0.3, -0.25) is 4.79 Å². The number of nitrogens with zero attached hydrogens (tertiary/aromatic N) is 2. The maximum Gasteiger partial charge on any atom is 0.257 e. The highest BCUT2D eigenvalue weighted by Gasteiger charge is 2.19. The number of carbonyl (C=O) groups excluding carboxylic acids is 1. The van der Waals surface area contributed by atoms with Gasteiger partial charge in [0.05, 0.1) is 11.8 Å². The van der Waals surface area contributed by atoms with Gasteiger partial charge in [-0.05, 0) is 19.4 Å².